The second kappa shape index (κ2) is 7.28. The van der Waals surface area contributed by atoms with Crippen LogP contribution in [0.4, 0.5) is 0 Å². The topological polar surface area (TPSA) is 84.2 Å². The van der Waals surface area contributed by atoms with E-state index in [1.165, 1.54) is 19.3 Å². The van der Waals surface area contributed by atoms with Gasteiger partial charge in [0.1, 0.15) is 5.69 Å². The molecule has 2 saturated heterocycles. The fourth-order valence-electron chi connectivity index (χ4n) is 5.31. The average molecular weight is 381 g/mol. The first-order chi connectivity index (χ1) is 13.8. The second-order valence-electron chi connectivity index (χ2n) is 8.47. The number of carbonyl (C=O) groups excluding carboxylic acids is 1. The molecular weight excluding hydrogens is 354 g/mol. The Labute approximate surface area is 164 Å². The standard InChI is InChI=1S/C21H27N5O2/c27-20(21-9-3-1-5-16(21)13-22-14-21)26-11-7-15(8-12-26)19-24-18(25-28-19)17-6-2-4-10-23-17/h2,4,6,10,15-16,22H,1,3,5,7-9,11-14H2/t16-,21+/m0/s1. The minimum absolute atomic E-state index is 0.151. The summed E-state index contributed by atoms with van der Waals surface area (Å²) in [4.78, 5) is 24.4. The van der Waals surface area contributed by atoms with Crippen molar-refractivity contribution in [1.29, 1.82) is 0 Å². The molecule has 0 bridgehead atoms. The van der Waals surface area contributed by atoms with E-state index < -0.39 is 0 Å². The van der Waals surface area contributed by atoms with Crippen LogP contribution >= 0.6 is 0 Å². The lowest BCUT2D eigenvalue weighted by Gasteiger charge is -2.42. The van der Waals surface area contributed by atoms with E-state index in [1.54, 1.807) is 6.20 Å². The zero-order valence-electron chi connectivity index (χ0n) is 16.1. The third-order valence-corrected chi connectivity index (χ3v) is 6.93. The van der Waals surface area contributed by atoms with Gasteiger partial charge in [-0.15, -0.1) is 0 Å². The van der Waals surface area contributed by atoms with E-state index in [-0.39, 0.29) is 11.3 Å². The van der Waals surface area contributed by atoms with Crippen LogP contribution < -0.4 is 5.32 Å². The van der Waals surface area contributed by atoms with Crippen molar-refractivity contribution in [3.63, 3.8) is 0 Å². The summed E-state index contributed by atoms with van der Waals surface area (Å²) >= 11 is 0. The Hall–Kier alpha value is -2.28. The van der Waals surface area contributed by atoms with Crippen LogP contribution in [-0.4, -0.2) is 52.1 Å². The summed E-state index contributed by atoms with van der Waals surface area (Å²) in [6.07, 6.45) is 8.16. The quantitative estimate of drug-likeness (QED) is 0.880. The summed E-state index contributed by atoms with van der Waals surface area (Å²) in [5.74, 6) is 2.32. The van der Waals surface area contributed by atoms with Crippen molar-refractivity contribution in [2.75, 3.05) is 26.2 Å². The summed E-state index contributed by atoms with van der Waals surface area (Å²) in [5, 5.41) is 7.59. The molecule has 0 aromatic carbocycles. The summed E-state index contributed by atoms with van der Waals surface area (Å²) in [6, 6.07) is 5.66. The van der Waals surface area contributed by atoms with Crippen molar-refractivity contribution < 1.29 is 9.32 Å². The number of nitrogens with zero attached hydrogens (tertiary/aromatic N) is 4. The van der Waals surface area contributed by atoms with Gasteiger partial charge in [0.05, 0.1) is 5.41 Å². The SMILES string of the molecule is O=C(N1CCC(c2nc(-c3ccccn3)no2)CC1)[C@@]12CCCC[C@H]1CNC2. The third-order valence-electron chi connectivity index (χ3n) is 6.93. The Morgan fingerprint density at radius 2 is 2.11 bits per heavy atom. The van der Waals surface area contributed by atoms with Gasteiger partial charge in [-0.1, -0.05) is 24.1 Å². The lowest BCUT2D eigenvalue weighted by atomic mass is 9.67. The number of nitrogens with one attached hydrogen (secondary N) is 1. The molecular formula is C21H27N5O2. The second-order valence-corrected chi connectivity index (χ2v) is 8.47. The highest BCUT2D eigenvalue weighted by atomic mass is 16.5. The number of pyridine rings is 1. The maximum absolute atomic E-state index is 13.4. The predicted molar refractivity (Wildman–Crippen MR) is 103 cm³/mol. The first kappa shape index (κ1) is 17.8. The molecule has 0 radical (unpaired) electrons. The van der Waals surface area contributed by atoms with Gasteiger partial charge in [0.15, 0.2) is 0 Å². The number of hydrogen-bond donors (Lipinski definition) is 1. The Morgan fingerprint density at radius 3 is 2.93 bits per heavy atom. The summed E-state index contributed by atoms with van der Waals surface area (Å²) in [6.45, 7) is 3.41. The van der Waals surface area contributed by atoms with Crippen LogP contribution in [0.3, 0.4) is 0 Å². The molecule has 4 heterocycles. The monoisotopic (exact) mass is 381 g/mol. The van der Waals surface area contributed by atoms with Crippen LogP contribution in [0.1, 0.15) is 50.3 Å². The highest BCUT2D eigenvalue weighted by molar-refractivity contribution is 5.84. The third kappa shape index (κ3) is 3.02. The van der Waals surface area contributed by atoms with Gasteiger partial charge in [-0.05, 0) is 50.3 Å². The molecule has 0 unspecified atom stereocenters. The van der Waals surface area contributed by atoms with E-state index in [2.05, 4.69) is 25.3 Å². The molecule has 2 atom stereocenters. The Bertz CT molecular complexity index is 830. The first-order valence-electron chi connectivity index (χ1n) is 10.5. The van der Waals surface area contributed by atoms with Crippen molar-refractivity contribution in [2.24, 2.45) is 11.3 Å². The molecule has 7 heteroatoms. The molecule has 2 aromatic heterocycles. The Kier molecular flexibility index (Phi) is 4.62. The molecule has 5 rings (SSSR count). The van der Waals surface area contributed by atoms with Gasteiger partial charge in [-0.2, -0.15) is 4.98 Å². The van der Waals surface area contributed by atoms with Crippen LogP contribution in [0.25, 0.3) is 11.5 Å². The highest BCUT2D eigenvalue weighted by Gasteiger charge is 2.51. The van der Waals surface area contributed by atoms with Crippen LogP contribution in [0, 0.1) is 11.3 Å². The maximum atomic E-state index is 13.4. The van der Waals surface area contributed by atoms with Crippen molar-refractivity contribution in [1.82, 2.24) is 25.3 Å². The molecule has 3 fully saturated rings. The molecule has 1 N–H and O–H groups in total. The number of piperidine rings is 1. The number of carbonyl (C=O) groups is 1. The van der Waals surface area contributed by atoms with Gasteiger partial charge in [0.25, 0.3) is 0 Å². The van der Waals surface area contributed by atoms with Crippen LogP contribution in [0.15, 0.2) is 28.9 Å². The molecule has 1 aliphatic carbocycles. The fraction of sp³-hybridized carbons (Fsp3) is 0.619. The lowest BCUT2D eigenvalue weighted by Crippen LogP contribution is -2.51. The van der Waals surface area contributed by atoms with E-state index in [0.717, 1.165) is 51.1 Å². The minimum Gasteiger partial charge on any atom is -0.342 e. The largest absolute Gasteiger partial charge is 0.342 e. The van der Waals surface area contributed by atoms with Crippen molar-refractivity contribution in [3.8, 4) is 11.5 Å². The summed E-state index contributed by atoms with van der Waals surface area (Å²) < 4.78 is 5.52. The Morgan fingerprint density at radius 1 is 1.21 bits per heavy atom. The van der Waals surface area contributed by atoms with Gasteiger partial charge in [0, 0.05) is 31.7 Å². The summed E-state index contributed by atoms with van der Waals surface area (Å²) in [7, 11) is 0. The zero-order chi connectivity index (χ0) is 19.0. The number of hydrogen-bond acceptors (Lipinski definition) is 6. The maximum Gasteiger partial charge on any atom is 0.230 e. The number of fused-ring (bicyclic) bond motifs is 1. The molecule has 7 nitrogen and oxygen atoms in total. The van der Waals surface area contributed by atoms with Gasteiger partial charge in [-0.25, -0.2) is 0 Å². The molecule has 3 aliphatic rings. The Balaban J connectivity index is 1.24. The van der Waals surface area contributed by atoms with E-state index in [4.69, 9.17) is 4.52 Å². The van der Waals surface area contributed by atoms with E-state index in [0.29, 0.717) is 23.5 Å². The van der Waals surface area contributed by atoms with Gasteiger partial charge in [0.2, 0.25) is 17.6 Å². The van der Waals surface area contributed by atoms with Gasteiger partial charge >= 0.3 is 0 Å². The highest BCUT2D eigenvalue weighted by Crippen LogP contribution is 2.45. The fourth-order valence-corrected chi connectivity index (χ4v) is 5.31. The first-order valence-corrected chi connectivity index (χ1v) is 10.5. The molecule has 148 valence electrons. The average Bonchev–Trinajstić information content (AvgIpc) is 3.42. The van der Waals surface area contributed by atoms with Crippen LogP contribution in [0.2, 0.25) is 0 Å². The normalized spacial score (nSPS) is 28.3. The number of aromatic nitrogens is 3. The van der Waals surface area contributed by atoms with Crippen LogP contribution in [0.5, 0.6) is 0 Å². The van der Waals surface area contributed by atoms with E-state index in [1.807, 2.05) is 18.2 Å². The van der Waals surface area contributed by atoms with Crippen LogP contribution in [-0.2, 0) is 4.79 Å². The predicted octanol–water partition coefficient (Wildman–Crippen LogP) is 2.62. The molecule has 1 saturated carbocycles. The number of rotatable bonds is 3. The molecule has 2 aromatic rings. The van der Waals surface area contributed by atoms with Crippen molar-refractivity contribution in [3.05, 3.63) is 30.3 Å². The molecule has 0 spiro atoms. The van der Waals surface area contributed by atoms with Gasteiger partial charge in [-0.3, -0.25) is 9.78 Å². The smallest absolute Gasteiger partial charge is 0.230 e. The van der Waals surface area contributed by atoms with Crippen molar-refractivity contribution >= 4 is 5.91 Å². The number of amides is 1. The van der Waals surface area contributed by atoms with E-state index in [9.17, 15) is 4.79 Å². The molecule has 1 amide bonds. The van der Waals surface area contributed by atoms with Gasteiger partial charge < -0.3 is 14.7 Å². The molecule has 28 heavy (non-hydrogen) atoms. The minimum atomic E-state index is -0.151. The van der Waals surface area contributed by atoms with E-state index >= 15 is 0 Å². The number of likely N-dealkylation sites (tertiary alicyclic amines) is 1. The molecule has 2 aliphatic heterocycles. The summed E-state index contributed by atoms with van der Waals surface area (Å²) in [5.41, 5.74) is 0.572. The lowest BCUT2D eigenvalue weighted by molar-refractivity contribution is -0.146. The zero-order valence-corrected chi connectivity index (χ0v) is 16.1. The van der Waals surface area contributed by atoms with Crippen molar-refractivity contribution in [2.45, 2.75) is 44.4 Å².